The maximum Gasteiger partial charge on any atom is 0.0328 e. The van der Waals surface area contributed by atoms with Crippen molar-refractivity contribution in [1.82, 2.24) is 5.32 Å². The molecule has 0 aromatic heterocycles. The lowest BCUT2D eigenvalue weighted by Crippen LogP contribution is -2.36. The number of nitrogens with two attached hydrogens (primary N) is 1. The lowest BCUT2D eigenvalue weighted by molar-refractivity contribution is 0.264. The van der Waals surface area contributed by atoms with Crippen molar-refractivity contribution in [2.45, 2.75) is 64.0 Å². The number of aryl methyl sites for hydroxylation is 1. The maximum atomic E-state index is 5.87. The standard InChI is InChI=1S/C17H26N2/c1-12(13-5-3-2-4-6-13)19-17-10-7-14-11-15(18)8-9-16(14)17/h8-9,11-13,17,19H,2-7,10,18H2,1H3. The first kappa shape index (κ1) is 13.0. The first-order chi connectivity index (χ1) is 9.24. The molecule has 1 saturated carbocycles. The minimum atomic E-state index is 0.549. The third kappa shape index (κ3) is 2.79. The van der Waals surface area contributed by atoms with E-state index in [1.165, 1.54) is 56.1 Å². The van der Waals surface area contributed by atoms with E-state index < -0.39 is 0 Å². The molecule has 0 spiro atoms. The van der Waals surface area contributed by atoms with Crippen LogP contribution in [0.5, 0.6) is 0 Å². The molecule has 3 rings (SSSR count). The van der Waals surface area contributed by atoms with Crippen LogP contribution >= 0.6 is 0 Å². The van der Waals surface area contributed by atoms with E-state index in [-0.39, 0.29) is 0 Å². The van der Waals surface area contributed by atoms with Crippen LogP contribution in [0.25, 0.3) is 0 Å². The van der Waals surface area contributed by atoms with Crippen LogP contribution < -0.4 is 11.1 Å². The van der Waals surface area contributed by atoms with Gasteiger partial charge in [0.05, 0.1) is 0 Å². The van der Waals surface area contributed by atoms with Crippen molar-refractivity contribution < 1.29 is 0 Å². The van der Waals surface area contributed by atoms with E-state index in [4.69, 9.17) is 5.73 Å². The summed E-state index contributed by atoms with van der Waals surface area (Å²) in [7, 11) is 0. The fourth-order valence-corrected chi connectivity index (χ4v) is 3.90. The molecule has 0 amide bonds. The number of anilines is 1. The Morgan fingerprint density at radius 1 is 1.16 bits per heavy atom. The van der Waals surface area contributed by atoms with Gasteiger partial charge in [-0.25, -0.2) is 0 Å². The summed E-state index contributed by atoms with van der Waals surface area (Å²) < 4.78 is 0. The largest absolute Gasteiger partial charge is 0.399 e. The molecule has 1 aromatic rings. The quantitative estimate of drug-likeness (QED) is 0.809. The zero-order valence-electron chi connectivity index (χ0n) is 12.0. The summed E-state index contributed by atoms with van der Waals surface area (Å²) in [6, 6.07) is 7.62. The van der Waals surface area contributed by atoms with Crippen molar-refractivity contribution >= 4 is 5.69 Å². The number of hydrogen-bond donors (Lipinski definition) is 2. The molecule has 2 aliphatic rings. The molecule has 1 aromatic carbocycles. The number of nitrogens with one attached hydrogen (secondary N) is 1. The van der Waals surface area contributed by atoms with Gasteiger partial charge in [0.25, 0.3) is 0 Å². The Balaban J connectivity index is 1.65. The fourth-order valence-electron chi connectivity index (χ4n) is 3.90. The Morgan fingerprint density at radius 3 is 2.74 bits per heavy atom. The molecule has 0 bridgehead atoms. The molecule has 2 heteroatoms. The van der Waals surface area contributed by atoms with Gasteiger partial charge in [-0.2, -0.15) is 0 Å². The number of hydrogen-bond acceptors (Lipinski definition) is 2. The molecule has 3 N–H and O–H groups in total. The van der Waals surface area contributed by atoms with E-state index in [2.05, 4.69) is 24.4 Å². The van der Waals surface area contributed by atoms with Gasteiger partial charge in [-0.3, -0.25) is 0 Å². The Kier molecular flexibility index (Phi) is 3.79. The summed E-state index contributed by atoms with van der Waals surface area (Å²) >= 11 is 0. The normalized spacial score (nSPS) is 25.2. The van der Waals surface area contributed by atoms with Crippen molar-refractivity contribution in [3.8, 4) is 0 Å². The minimum absolute atomic E-state index is 0.549. The SMILES string of the molecule is CC(NC1CCc2cc(N)ccc21)C1CCCCC1. The van der Waals surface area contributed by atoms with Crippen LogP contribution in [0.1, 0.15) is 62.6 Å². The highest BCUT2D eigenvalue weighted by Crippen LogP contribution is 2.34. The molecule has 19 heavy (non-hydrogen) atoms. The summed E-state index contributed by atoms with van der Waals surface area (Å²) in [5.41, 5.74) is 9.71. The lowest BCUT2D eigenvalue weighted by Gasteiger charge is -2.31. The predicted octanol–water partition coefficient (Wildman–Crippen LogP) is 3.81. The van der Waals surface area contributed by atoms with Crippen LogP contribution in [0.4, 0.5) is 5.69 Å². The van der Waals surface area contributed by atoms with Crippen LogP contribution in [0, 0.1) is 5.92 Å². The molecule has 2 aliphatic carbocycles. The molecule has 0 aliphatic heterocycles. The van der Waals surface area contributed by atoms with Gasteiger partial charge in [0.15, 0.2) is 0 Å². The van der Waals surface area contributed by atoms with Crippen molar-refractivity contribution in [3.63, 3.8) is 0 Å². The summed E-state index contributed by atoms with van der Waals surface area (Å²) in [6.45, 7) is 2.38. The number of rotatable bonds is 3. The Hall–Kier alpha value is -1.02. The first-order valence-corrected chi connectivity index (χ1v) is 7.88. The molecule has 104 valence electrons. The lowest BCUT2D eigenvalue weighted by atomic mass is 9.84. The van der Waals surface area contributed by atoms with E-state index in [0.717, 1.165) is 11.6 Å². The van der Waals surface area contributed by atoms with Gasteiger partial charge in [-0.05, 0) is 61.8 Å². The molecular formula is C17H26N2. The summed E-state index contributed by atoms with van der Waals surface area (Å²) in [5, 5.41) is 3.88. The third-order valence-electron chi connectivity index (χ3n) is 5.07. The minimum Gasteiger partial charge on any atom is -0.399 e. The van der Waals surface area contributed by atoms with Gasteiger partial charge in [0.1, 0.15) is 0 Å². The van der Waals surface area contributed by atoms with Crippen LogP contribution in [0.15, 0.2) is 18.2 Å². The average Bonchev–Trinajstić information content (AvgIpc) is 2.82. The number of benzene rings is 1. The van der Waals surface area contributed by atoms with Crippen LogP contribution in [-0.4, -0.2) is 6.04 Å². The van der Waals surface area contributed by atoms with Crippen LogP contribution in [-0.2, 0) is 6.42 Å². The van der Waals surface area contributed by atoms with Crippen molar-refractivity contribution in [2.24, 2.45) is 5.92 Å². The summed E-state index contributed by atoms with van der Waals surface area (Å²) in [5.74, 6) is 0.881. The molecule has 2 atom stereocenters. The predicted molar refractivity (Wildman–Crippen MR) is 81.1 cm³/mol. The zero-order chi connectivity index (χ0) is 13.2. The zero-order valence-corrected chi connectivity index (χ0v) is 12.0. The van der Waals surface area contributed by atoms with Crippen molar-refractivity contribution in [1.29, 1.82) is 0 Å². The van der Waals surface area contributed by atoms with Crippen LogP contribution in [0.2, 0.25) is 0 Å². The third-order valence-corrected chi connectivity index (χ3v) is 5.07. The van der Waals surface area contributed by atoms with Gasteiger partial charge < -0.3 is 11.1 Å². The average molecular weight is 258 g/mol. The second kappa shape index (κ2) is 5.54. The fraction of sp³-hybridized carbons (Fsp3) is 0.647. The Morgan fingerprint density at radius 2 is 1.95 bits per heavy atom. The van der Waals surface area contributed by atoms with E-state index in [1.807, 2.05) is 6.07 Å². The Bertz CT molecular complexity index is 435. The summed E-state index contributed by atoms with van der Waals surface area (Å²) in [6.07, 6.45) is 9.52. The highest BCUT2D eigenvalue weighted by atomic mass is 15.0. The molecule has 1 fully saturated rings. The molecule has 2 unspecified atom stereocenters. The first-order valence-electron chi connectivity index (χ1n) is 7.88. The van der Waals surface area contributed by atoms with Gasteiger partial charge >= 0.3 is 0 Å². The molecule has 0 radical (unpaired) electrons. The molecule has 2 nitrogen and oxygen atoms in total. The van der Waals surface area contributed by atoms with Gasteiger partial charge in [-0.1, -0.05) is 25.3 Å². The highest BCUT2D eigenvalue weighted by molar-refractivity contribution is 5.47. The Labute approximate surface area is 116 Å². The van der Waals surface area contributed by atoms with E-state index >= 15 is 0 Å². The van der Waals surface area contributed by atoms with Gasteiger partial charge in [0.2, 0.25) is 0 Å². The second-order valence-corrected chi connectivity index (χ2v) is 6.40. The smallest absolute Gasteiger partial charge is 0.0328 e. The maximum absolute atomic E-state index is 5.87. The molecule has 0 saturated heterocycles. The van der Waals surface area contributed by atoms with Gasteiger partial charge in [0, 0.05) is 17.8 Å². The second-order valence-electron chi connectivity index (χ2n) is 6.40. The van der Waals surface area contributed by atoms with Crippen molar-refractivity contribution in [2.75, 3.05) is 5.73 Å². The highest BCUT2D eigenvalue weighted by Gasteiger charge is 2.27. The van der Waals surface area contributed by atoms with E-state index in [1.54, 1.807) is 0 Å². The number of nitrogen functional groups attached to an aromatic ring is 1. The monoisotopic (exact) mass is 258 g/mol. The van der Waals surface area contributed by atoms with Crippen molar-refractivity contribution in [3.05, 3.63) is 29.3 Å². The summed E-state index contributed by atoms with van der Waals surface area (Å²) in [4.78, 5) is 0. The van der Waals surface area contributed by atoms with Crippen LogP contribution in [0.3, 0.4) is 0 Å². The van der Waals surface area contributed by atoms with Gasteiger partial charge in [-0.15, -0.1) is 0 Å². The number of fused-ring (bicyclic) bond motifs is 1. The molecular weight excluding hydrogens is 232 g/mol. The molecule has 0 heterocycles. The van der Waals surface area contributed by atoms with E-state index in [9.17, 15) is 0 Å². The van der Waals surface area contributed by atoms with E-state index in [0.29, 0.717) is 12.1 Å². The topological polar surface area (TPSA) is 38.0 Å².